The molecule has 3 aromatic rings. The summed E-state index contributed by atoms with van der Waals surface area (Å²) in [6, 6.07) is 17.3. The van der Waals surface area contributed by atoms with Crippen molar-refractivity contribution in [2.45, 2.75) is 0 Å². The first-order valence-corrected chi connectivity index (χ1v) is 7.53. The second kappa shape index (κ2) is 6.88. The number of benzene rings is 3. The Kier molecular flexibility index (Phi) is 4.48. The van der Waals surface area contributed by atoms with Gasteiger partial charge >= 0.3 is 0 Å². The van der Waals surface area contributed by atoms with Crippen LogP contribution in [0.4, 0.5) is 5.69 Å². The Bertz CT molecular complexity index is 932. The Morgan fingerprint density at radius 2 is 1.52 bits per heavy atom. The summed E-state index contributed by atoms with van der Waals surface area (Å²) < 4.78 is 0. The summed E-state index contributed by atoms with van der Waals surface area (Å²) in [6.45, 7) is 0. The fourth-order valence-electron chi connectivity index (χ4n) is 2.31. The molecular formula is C20H15NO4. The standard InChI is InChI=1S/C20H15NO4/c22-16-8-6-15(7-9-16)21-12-14-10-17(19(24)11-18(14)23)20(25)13-4-2-1-3-5-13/h1-12,22-24H/b21-12+. The van der Waals surface area contributed by atoms with Crippen molar-refractivity contribution in [1.82, 2.24) is 0 Å². The van der Waals surface area contributed by atoms with Crippen LogP contribution in [0.15, 0.2) is 71.7 Å². The molecule has 0 fully saturated rings. The van der Waals surface area contributed by atoms with E-state index in [9.17, 15) is 20.1 Å². The highest BCUT2D eigenvalue weighted by Crippen LogP contribution is 2.29. The zero-order valence-electron chi connectivity index (χ0n) is 13.1. The fourth-order valence-corrected chi connectivity index (χ4v) is 2.31. The number of ketones is 1. The van der Waals surface area contributed by atoms with Crippen LogP contribution in [0.1, 0.15) is 21.5 Å². The first-order chi connectivity index (χ1) is 12.0. The van der Waals surface area contributed by atoms with E-state index in [1.54, 1.807) is 42.5 Å². The van der Waals surface area contributed by atoms with E-state index in [1.165, 1.54) is 24.4 Å². The van der Waals surface area contributed by atoms with Gasteiger partial charge in [0.2, 0.25) is 0 Å². The van der Waals surface area contributed by atoms with E-state index in [2.05, 4.69) is 4.99 Å². The van der Waals surface area contributed by atoms with Crippen LogP contribution in [0.2, 0.25) is 0 Å². The Morgan fingerprint density at radius 1 is 0.840 bits per heavy atom. The predicted molar refractivity (Wildman–Crippen MR) is 95.0 cm³/mol. The van der Waals surface area contributed by atoms with Gasteiger partial charge in [0.05, 0.1) is 11.3 Å². The van der Waals surface area contributed by atoms with E-state index in [4.69, 9.17) is 0 Å². The third-order valence-electron chi connectivity index (χ3n) is 3.63. The molecule has 3 N–H and O–H groups in total. The molecule has 25 heavy (non-hydrogen) atoms. The minimum absolute atomic E-state index is 0.0798. The number of carbonyl (C=O) groups excluding carboxylic acids is 1. The van der Waals surface area contributed by atoms with E-state index in [1.807, 2.05) is 0 Å². The summed E-state index contributed by atoms with van der Waals surface area (Å²) in [5.41, 5.74) is 1.38. The van der Waals surface area contributed by atoms with Crippen molar-refractivity contribution in [3.63, 3.8) is 0 Å². The Morgan fingerprint density at radius 3 is 2.20 bits per heavy atom. The third kappa shape index (κ3) is 3.67. The maximum atomic E-state index is 12.5. The van der Waals surface area contributed by atoms with Crippen molar-refractivity contribution in [3.05, 3.63) is 83.4 Å². The molecule has 0 saturated heterocycles. The molecule has 5 nitrogen and oxygen atoms in total. The maximum Gasteiger partial charge on any atom is 0.196 e. The normalized spacial score (nSPS) is 10.9. The third-order valence-corrected chi connectivity index (χ3v) is 3.63. The number of rotatable bonds is 4. The largest absolute Gasteiger partial charge is 0.508 e. The Hall–Kier alpha value is -3.60. The number of nitrogens with zero attached hydrogens (tertiary/aromatic N) is 1. The molecule has 5 heteroatoms. The summed E-state index contributed by atoms with van der Waals surface area (Å²) in [6.07, 6.45) is 1.39. The van der Waals surface area contributed by atoms with Crippen molar-refractivity contribution < 1.29 is 20.1 Å². The van der Waals surface area contributed by atoms with Gasteiger partial charge in [-0.1, -0.05) is 30.3 Å². The van der Waals surface area contributed by atoms with Crippen LogP contribution < -0.4 is 0 Å². The predicted octanol–water partition coefficient (Wildman–Crippen LogP) is 3.79. The lowest BCUT2D eigenvalue weighted by atomic mass is 10.00. The van der Waals surface area contributed by atoms with Gasteiger partial charge in [0, 0.05) is 23.4 Å². The molecular weight excluding hydrogens is 318 g/mol. The van der Waals surface area contributed by atoms with Gasteiger partial charge in [-0.15, -0.1) is 0 Å². The van der Waals surface area contributed by atoms with E-state index >= 15 is 0 Å². The fraction of sp³-hybridized carbons (Fsp3) is 0. The number of carbonyl (C=O) groups is 1. The van der Waals surface area contributed by atoms with Gasteiger partial charge in [-0.25, -0.2) is 0 Å². The van der Waals surface area contributed by atoms with Crippen molar-refractivity contribution in [2.75, 3.05) is 0 Å². The lowest BCUT2D eigenvalue weighted by Crippen LogP contribution is -2.02. The van der Waals surface area contributed by atoms with Crippen LogP contribution in [-0.2, 0) is 0 Å². The van der Waals surface area contributed by atoms with Gasteiger partial charge in [-0.2, -0.15) is 0 Å². The van der Waals surface area contributed by atoms with Gasteiger partial charge in [0.15, 0.2) is 5.78 Å². The molecule has 0 saturated carbocycles. The molecule has 0 unspecified atom stereocenters. The van der Waals surface area contributed by atoms with Crippen LogP contribution in [0.25, 0.3) is 0 Å². The first kappa shape index (κ1) is 16.3. The molecule has 0 radical (unpaired) electrons. The van der Waals surface area contributed by atoms with E-state index < -0.39 is 0 Å². The zero-order valence-corrected chi connectivity index (χ0v) is 13.1. The van der Waals surface area contributed by atoms with Crippen LogP contribution in [0.5, 0.6) is 17.2 Å². The molecule has 3 rings (SSSR count). The van der Waals surface area contributed by atoms with Gasteiger partial charge < -0.3 is 15.3 Å². The number of phenolic OH excluding ortho intramolecular Hbond substituents is 3. The minimum Gasteiger partial charge on any atom is -0.508 e. The van der Waals surface area contributed by atoms with E-state index in [-0.39, 0.29) is 28.6 Å². The average molecular weight is 333 g/mol. The summed E-state index contributed by atoms with van der Waals surface area (Å²) in [7, 11) is 0. The molecule has 0 spiro atoms. The Balaban J connectivity index is 1.95. The first-order valence-electron chi connectivity index (χ1n) is 7.53. The summed E-state index contributed by atoms with van der Waals surface area (Å²) >= 11 is 0. The molecule has 0 aliphatic carbocycles. The second-order valence-corrected chi connectivity index (χ2v) is 5.40. The zero-order chi connectivity index (χ0) is 17.8. The molecule has 124 valence electrons. The maximum absolute atomic E-state index is 12.5. The molecule has 0 aliphatic heterocycles. The van der Waals surface area contributed by atoms with Crippen LogP contribution in [0.3, 0.4) is 0 Å². The number of hydrogen-bond donors (Lipinski definition) is 3. The average Bonchev–Trinajstić information content (AvgIpc) is 2.62. The molecule has 0 aromatic heterocycles. The number of aromatic hydroxyl groups is 3. The molecule has 3 aromatic carbocycles. The van der Waals surface area contributed by atoms with Crippen molar-refractivity contribution >= 4 is 17.7 Å². The SMILES string of the molecule is O=C(c1ccccc1)c1cc(/C=N/c2ccc(O)cc2)c(O)cc1O. The van der Waals surface area contributed by atoms with E-state index in [0.717, 1.165) is 6.07 Å². The minimum atomic E-state index is -0.350. The molecule has 0 heterocycles. The lowest BCUT2D eigenvalue weighted by Gasteiger charge is -2.07. The highest BCUT2D eigenvalue weighted by molar-refractivity contribution is 6.11. The van der Waals surface area contributed by atoms with Crippen molar-refractivity contribution in [1.29, 1.82) is 0 Å². The van der Waals surface area contributed by atoms with Gasteiger partial charge in [0.1, 0.15) is 17.2 Å². The topological polar surface area (TPSA) is 90.1 Å². The smallest absolute Gasteiger partial charge is 0.196 e. The number of phenols is 3. The molecule has 0 bridgehead atoms. The second-order valence-electron chi connectivity index (χ2n) is 5.40. The van der Waals surface area contributed by atoms with Crippen molar-refractivity contribution in [3.8, 4) is 17.2 Å². The molecule has 0 atom stereocenters. The summed E-state index contributed by atoms with van der Waals surface area (Å²) in [5.74, 6) is -0.711. The van der Waals surface area contributed by atoms with Crippen LogP contribution in [-0.4, -0.2) is 27.3 Å². The molecule has 0 amide bonds. The highest BCUT2D eigenvalue weighted by atomic mass is 16.3. The quantitative estimate of drug-likeness (QED) is 0.500. The van der Waals surface area contributed by atoms with Gasteiger partial charge in [-0.05, 0) is 30.3 Å². The van der Waals surface area contributed by atoms with Gasteiger partial charge in [0.25, 0.3) is 0 Å². The lowest BCUT2D eigenvalue weighted by molar-refractivity contribution is 0.103. The van der Waals surface area contributed by atoms with Gasteiger partial charge in [-0.3, -0.25) is 9.79 Å². The highest BCUT2D eigenvalue weighted by Gasteiger charge is 2.16. The van der Waals surface area contributed by atoms with Crippen molar-refractivity contribution in [2.24, 2.45) is 4.99 Å². The summed E-state index contributed by atoms with van der Waals surface area (Å²) in [5, 5.41) is 29.3. The molecule has 0 aliphatic rings. The van der Waals surface area contributed by atoms with Crippen LogP contribution in [0, 0.1) is 0 Å². The summed E-state index contributed by atoms with van der Waals surface area (Å²) in [4.78, 5) is 16.7. The number of hydrogen-bond acceptors (Lipinski definition) is 5. The monoisotopic (exact) mass is 333 g/mol. The van der Waals surface area contributed by atoms with Crippen LogP contribution >= 0.6 is 0 Å². The van der Waals surface area contributed by atoms with E-state index in [0.29, 0.717) is 16.8 Å². The Labute approximate surface area is 144 Å². The number of aliphatic imine (C=N–C) groups is 1.